The van der Waals surface area contributed by atoms with E-state index in [1.54, 1.807) is 29.1 Å². The van der Waals surface area contributed by atoms with Crippen LogP contribution in [0.1, 0.15) is 97.1 Å². The normalized spacial score (nSPS) is 26.5. The number of hydrogen-bond donors (Lipinski definition) is 4. The van der Waals surface area contributed by atoms with Gasteiger partial charge in [0.1, 0.15) is 41.9 Å². The number of nitrogens with one attached hydrogen (secondary N) is 4. The number of halogens is 7. The molecule has 3 saturated heterocycles. The fourth-order valence-electron chi connectivity index (χ4n) is 10.1. The summed E-state index contributed by atoms with van der Waals surface area (Å²) in [6.07, 6.45) is -7.02. The van der Waals surface area contributed by atoms with Gasteiger partial charge in [0.25, 0.3) is 5.92 Å². The minimum absolute atomic E-state index is 0.0169. The maximum absolute atomic E-state index is 14.9. The second-order valence-corrected chi connectivity index (χ2v) is 21.7. The van der Waals surface area contributed by atoms with Crippen molar-refractivity contribution in [2.45, 2.75) is 152 Å². The lowest BCUT2D eigenvalue weighted by atomic mass is 9.64. The summed E-state index contributed by atoms with van der Waals surface area (Å²) in [6, 6.07) is -1.94. The third kappa shape index (κ3) is 12.1. The number of benzene rings is 1. The van der Waals surface area contributed by atoms with E-state index in [4.69, 9.17) is 16.3 Å². The molecule has 7 amide bonds. The van der Waals surface area contributed by atoms with Crippen LogP contribution in [0.15, 0.2) is 30.6 Å². The number of carbonyl (C=O) groups excluding carboxylic acids is 7. The molecule has 17 nitrogen and oxygen atoms in total. The van der Waals surface area contributed by atoms with Gasteiger partial charge in [0, 0.05) is 63.1 Å². The van der Waals surface area contributed by atoms with Crippen LogP contribution in [0.25, 0.3) is 11.1 Å². The molecule has 0 spiro atoms. The van der Waals surface area contributed by atoms with E-state index >= 15 is 0 Å². The fraction of sp³-hybridized carbons (Fsp3) is 0.673. The zero-order chi connectivity index (χ0) is 53.5. The van der Waals surface area contributed by atoms with Gasteiger partial charge in [-0.05, 0) is 87.5 Å². The van der Waals surface area contributed by atoms with Gasteiger partial charge in [-0.15, -0.1) is 0 Å². The summed E-state index contributed by atoms with van der Waals surface area (Å²) >= 11 is 6.55. The van der Waals surface area contributed by atoms with Crippen molar-refractivity contribution in [1.29, 1.82) is 0 Å². The summed E-state index contributed by atoms with van der Waals surface area (Å²) in [6.45, 7) is 6.81. The first-order valence-corrected chi connectivity index (χ1v) is 25.1. The molecule has 4 N–H and O–H groups in total. The van der Waals surface area contributed by atoms with Gasteiger partial charge in [0.05, 0.1) is 32.0 Å². The van der Waals surface area contributed by atoms with Crippen LogP contribution >= 0.6 is 11.6 Å². The number of aromatic nitrogens is 2. The Morgan fingerprint density at radius 3 is 2.32 bits per heavy atom. The second kappa shape index (κ2) is 21.4. The van der Waals surface area contributed by atoms with Crippen LogP contribution in [0.5, 0.6) is 0 Å². The van der Waals surface area contributed by atoms with Crippen molar-refractivity contribution in [2.24, 2.45) is 17.3 Å². The molecule has 7 rings (SSSR count). The maximum atomic E-state index is 14.9. The zero-order valence-electron chi connectivity index (χ0n) is 41.6. The number of carbonyl (C=O) groups is 7. The Labute approximate surface area is 424 Å². The smallest absolute Gasteiger partial charge is 0.377 e. The predicted octanol–water partition coefficient (Wildman–Crippen LogP) is 4.51. The molecule has 73 heavy (non-hydrogen) atoms. The monoisotopic (exact) mass is 1060 g/mol. The van der Waals surface area contributed by atoms with Gasteiger partial charge in [-0.25, -0.2) is 13.2 Å². The molecule has 0 bridgehead atoms. The largest absolute Gasteiger partial charge is 0.403 e. The zero-order valence-corrected chi connectivity index (χ0v) is 42.4. The Bertz CT molecular complexity index is 2440. The molecule has 5 aliphatic rings. The number of amides is 7. The van der Waals surface area contributed by atoms with Crippen LogP contribution < -0.4 is 21.3 Å². The second-order valence-electron chi connectivity index (χ2n) is 21.3. The van der Waals surface area contributed by atoms with Crippen LogP contribution in [0.3, 0.4) is 0 Å². The first-order chi connectivity index (χ1) is 34.1. The Morgan fingerprint density at radius 2 is 1.71 bits per heavy atom. The molecule has 0 radical (unpaired) electrons. The van der Waals surface area contributed by atoms with Gasteiger partial charge in [-0.3, -0.25) is 38.2 Å². The van der Waals surface area contributed by atoms with Crippen LogP contribution in [0.4, 0.5) is 26.3 Å². The van der Waals surface area contributed by atoms with E-state index in [1.165, 1.54) is 32.8 Å². The third-order valence-corrected chi connectivity index (χ3v) is 14.9. The predicted molar refractivity (Wildman–Crippen MR) is 252 cm³/mol. The highest BCUT2D eigenvalue weighted by Crippen LogP contribution is 2.61. The number of nitrogens with zero attached hydrogens (tertiary/aromatic N) is 5. The summed E-state index contributed by atoms with van der Waals surface area (Å²) in [5.74, 6) is -11.0. The van der Waals surface area contributed by atoms with E-state index in [9.17, 15) is 59.9 Å². The van der Waals surface area contributed by atoms with E-state index in [2.05, 4.69) is 26.4 Å². The first kappa shape index (κ1) is 55.3. The van der Waals surface area contributed by atoms with Gasteiger partial charge in [0.15, 0.2) is 5.41 Å². The molecule has 2 aliphatic carbocycles. The lowest BCUT2D eigenvalue weighted by Crippen LogP contribution is -2.65. The topological polar surface area (TPSA) is 204 Å². The fourth-order valence-corrected chi connectivity index (χ4v) is 10.3. The van der Waals surface area contributed by atoms with Crippen LogP contribution in [0, 0.1) is 17.3 Å². The highest BCUT2D eigenvalue weighted by molar-refractivity contribution is 6.30. The van der Waals surface area contributed by atoms with Crippen molar-refractivity contribution < 1.29 is 64.6 Å². The Morgan fingerprint density at radius 1 is 1.03 bits per heavy atom. The highest BCUT2D eigenvalue weighted by Gasteiger charge is 2.75. The standard InChI is InChI=1S/C49H64ClF6N9O8/c1-26(2)15-34-42(69)63(6)36(17-28-16-30(50)12-13-33(28)29-19-58-65(20-29)32-22-73-23-32)41(68)61-46(3,4)44(71)57-14-8-7-9-35(39(66)59-34)62(5)43(70)38(27-10-11-27)60-40(67)37-18-31(51)21-64(37)45(72)47(49(54,55)56)24-48(52,53)25-47/h12-13,16,19-20,26-27,31-32,34-38H,7-11,14-15,17-18,21-25H2,1-6H3,(H,57,71)(H,59,66)(H,60,67)(H,61,68)/t31-,34+,35+,36+,37+,38+/m1/s1. The average Bonchev–Trinajstić information content (AvgIpc) is 3.88. The van der Waals surface area contributed by atoms with Gasteiger partial charge in [-0.2, -0.15) is 18.3 Å². The third-order valence-electron chi connectivity index (χ3n) is 14.7. The van der Waals surface area contributed by atoms with Crippen LogP contribution in [-0.2, 0) is 44.7 Å². The molecule has 3 aliphatic heterocycles. The van der Waals surface area contributed by atoms with E-state index in [0.717, 1.165) is 4.90 Å². The van der Waals surface area contributed by atoms with Crippen molar-refractivity contribution >= 4 is 53.0 Å². The molecule has 402 valence electrons. The SMILES string of the molecule is CC(C)C[C@@H]1NC(=O)[C@@H](N(C)C(=O)[C@@H](NC(=O)[C@@H]2C[C@@H](F)CN2C(=O)C2(C(F)(F)F)CC(F)(F)C2)C2CC2)CCCCNC(=O)C(C)(C)NC(=O)[C@H](Cc2cc(Cl)ccc2-c2cnn(C3COC3)c2)N(C)C1=O. The highest BCUT2D eigenvalue weighted by atomic mass is 35.5. The van der Waals surface area contributed by atoms with Crippen LogP contribution in [0.2, 0.25) is 5.02 Å². The number of likely N-dealkylation sites (tertiary alicyclic amines) is 1. The number of ether oxygens (including phenoxy) is 1. The van der Waals surface area contributed by atoms with Gasteiger partial charge in [0.2, 0.25) is 41.4 Å². The number of rotatable bonds is 12. The Kier molecular flexibility index (Phi) is 16.2. The maximum Gasteiger partial charge on any atom is 0.403 e. The summed E-state index contributed by atoms with van der Waals surface area (Å²) < 4.78 is 92.7. The van der Waals surface area contributed by atoms with Crippen molar-refractivity contribution in [1.82, 2.24) is 45.7 Å². The quantitative estimate of drug-likeness (QED) is 0.221. The molecule has 5 fully saturated rings. The molecule has 2 aromatic rings. The van der Waals surface area contributed by atoms with E-state index in [-0.39, 0.29) is 50.6 Å². The van der Waals surface area contributed by atoms with E-state index in [0.29, 0.717) is 52.7 Å². The molecular formula is C49H64ClF6N9O8. The first-order valence-electron chi connectivity index (χ1n) is 24.7. The minimum Gasteiger partial charge on any atom is -0.377 e. The summed E-state index contributed by atoms with van der Waals surface area (Å²) in [7, 11) is 2.72. The van der Waals surface area contributed by atoms with Crippen molar-refractivity contribution in [3.63, 3.8) is 0 Å². The molecular weight excluding hydrogens is 992 g/mol. The molecule has 6 atom stereocenters. The number of hydrogen-bond acceptors (Lipinski definition) is 9. The molecule has 2 saturated carbocycles. The van der Waals surface area contributed by atoms with E-state index < -0.39 is 133 Å². The van der Waals surface area contributed by atoms with Crippen molar-refractivity contribution in [2.75, 3.05) is 40.4 Å². The summed E-state index contributed by atoms with van der Waals surface area (Å²) in [5, 5.41) is 15.8. The number of likely N-dealkylation sites (N-methyl/N-ethyl adjacent to an activating group) is 2. The summed E-state index contributed by atoms with van der Waals surface area (Å²) in [4.78, 5) is 102. The Balaban J connectivity index is 1.15. The average molecular weight is 1060 g/mol. The van der Waals surface area contributed by atoms with Gasteiger partial charge < -0.3 is 40.7 Å². The van der Waals surface area contributed by atoms with Gasteiger partial charge in [-0.1, -0.05) is 31.5 Å². The molecule has 1 aromatic heterocycles. The lowest BCUT2D eigenvalue weighted by molar-refractivity contribution is -0.299. The van der Waals surface area contributed by atoms with Crippen molar-refractivity contribution in [3.05, 3.63) is 41.2 Å². The molecule has 24 heteroatoms. The Hall–Kier alpha value is -5.45. The molecule has 0 unspecified atom stereocenters. The molecule has 4 heterocycles. The van der Waals surface area contributed by atoms with E-state index in [1.807, 2.05) is 20.0 Å². The lowest BCUT2D eigenvalue weighted by Gasteiger charge is -2.48. The van der Waals surface area contributed by atoms with Gasteiger partial charge >= 0.3 is 6.18 Å². The summed E-state index contributed by atoms with van der Waals surface area (Å²) in [5.41, 5.74) is -3.05. The van der Waals surface area contributed by atoms with Crippen molar-refractivity contribution in [3.8, 4) is 11.1 Å². The molecule has 1 aromatic carbocycles. The number of alkyl halides is 6. The minimum atomic E-state index is -5.42. The van der Waals surface area contributed by atoms with Crippen LogP contribution in [-0.4, -0.2) is 160 Å².